The summed E-state index contributed by atoms with van der Waals surface area (Å²) >= 11 is 0. The van der Waals surface area contributed by atoms with Gasteiger partial charge in [0.2, 0.25) is 0 Å². The van der Waals surface area contributed by atoms with E-state index in [1.165, 1.54) is 0 Å². The lowest BCUT2D eigenvalue weighted by molar-refractivity contribution is -0.108. The van der Waals surface area contributed by atoms with Crippen molar-refractivity contribution in [1.82, 2.24) is 0 Å². The molecule has 0 aliphatic carbocycles. The Kier molecular flexibility index (Phi) is 4.23. The van der Waals surface area contributed by atoms with Crippen molar-refractivity contribution in [1.29, 1.82) is 0 Å². The molecule has 0 amide bonds. The molecule has 0 rings (SSSR count). The van der Waals surface area contributed by atoms with Crippen molar-refractivity contribution in [3.63, 3.8) is 0 Å². The number of aldehydes is 1. The van der Waals surface area contributed by atoms with Crippen LogP contribution in [0.1, 0.15) is 19.8 Å². The molecule has 0 aliphatic heterocycles. The minimum atomic E-state index is 0.396. The number of hydrogen-bond donors (Lipinski definition) is 0. The average Bonchev–Trinajstić information content (AvgIpc) is 1.83. The third kappa shape index (κ3) is 2.56. The summed E-state index contributed by atoms with van der Waals surface area (Å²) in [6.45, 7) is 5.64. The smallest absolute Gasteiger partial charge is 0.120 e. The topological polar surface area (TPSA) is 17.1 Å². The van der Waals surface area contributed by atoms with Gasteiger partial charge in [-0.3, -0.25) is 0 Å². The molecule has 1 heteroatoms. The van der Waals surface area contributed by atoms with Crippen LogP contribution in [0.15, 0.2) is 12.7 Å². The van der Waals surface area contributed by atoms with Crippen molar-refractivity contribution in [3.8, 4) is 0 Å². The van der Waals surface area contributed by atoms with Crippen LogP contribution in [0.2, 0.25) is 0 Å². The van der Waals surface area contributed by atoms with Crippen LogP contribution in [0.3, 0.4) is 0 Å². The van der Waals surface area contributed by atoms with E-state index in [1.54, 1.807) is 0 Å². The van der Waals surface area contributed by atoms with Crippen LogP contribution in [0.4, 0.5) is 0 Å². The highest BCUT2D eigenvalue weighted by atomic mass is 16.1. The monoisotopic (exact) mass is 112 g/mol. The molecule has 1 atom stereocenters. The van der Waals surface area contributed by atoms with Crippen molar-refractivity contribution in [2.75, 3.05) is 0 Å². The van der Waals surface area contributed by atoms with E-state index in [0.717, 1.165) is 12.7 Å². The second-order valence-corrected chi connectivity index (χ2v) is 1.81. The van der Waals surface area contributed by atoms with E-state index in [2.05, 4.69) is 13.5 Å². The Morgan fingerprint density at radius 2 is 2.38 bits per heavy atom. The van der Waals surface area contributed by atoms with E-state index in [1.807, 2.05) is 6.08 Å². The molecule has 1 unspecified atom stereocenters. The number of hydrogen-bond acceptors (Lipinski definition) is 1. The molecule has 0 aromatic heterocycles. The Balaban J connectivity index is 3.35. The first-order chi connectivity index (χ1) is 3.85. The normalized spacial score (nSPS) is 12.6. The first-order valence-corrected chi connectivity index (χ1v) is 2.91. The van der Waals surface area contributed by atoms with Gasteiger partial charge in [-0.05, 0) is 12.3 Å². The van der Waals surface area contributed by atoms with Gasteiger partial charge >= 0.3 is 0 Å². The van der Waals surface area contributed by atoms with Crippen molar-refractivity contribution in [3.05, 3.63) is 12.7 Å². The predicted octanol–water partition coefficient (Wildman–Crippen LogP) is 1.79. The lowest BCUT2D eigenvalue weighted by Gasteiger charge is -2.00. The van der Waals surface area contributed by atoms with Gasteiger partial charge in [0.05, 0.1) is 0 Å². The highest BCUT2D eigenvalue weighted by Gasteiger charge is 1.96. The molecule has 0 aliphatic rings. The summed E-state index contributed by atoms with van der Waals surface area (Å²) < 4.78 is 0. The second kappa shape index (κ2) is 4.57. The maximum atomic E-state index is 9.89. The zero-order valence-electron chi connectivity index (χ0n) is 5.26. The van der Waals surface area contributed by atoms with Crippen LogP contribution < -0.4 is 0 Å². The lowest BCUT2D eigenvalue weighted by atomic mass is 10.0. The summed E-state index contributed by atoms with van der Waals surface area (Å²) in [6.07, 6.45) is 4.41. The molecule has 0 aromatic carbocycles. The summed E-state index contributed by atoms with van der Waals surface area (Å²) in [6, 6.07) is 0. The molecule has 0 spiro atoms. The van der Waals surface area contributed by atoms with Gasteiger partial charge in [-0.25, -0.2) is 0 Å². The van der Waals surface area contributed by atoms with Gasteiger partial charge in [-0.15, -0.1) is 6.58 Å². The van der Waals surface area contributed by atoms with Crippen LogP contribution in [0.25, 0.3) is 0 Å². The van der Waals surface area contributed by atoms with Gasteiger partial charge in [0.25, 0.3) is 0 Å². The van der Waals surface area contributed by atoms with Gasteiger partial charge in [-0.2, -0.15) is 0 Å². The Labute approximate surface area is 50.4 Å². The van der Waals surface area contributed by atoms with Crippen molar-refractivity contribution in [2.24, 2.45) is 5.92 Å². The van der Waals surface area contributed by atoms with Crippen LogP contribution >= 0.6 is 0 Å². The fourth-order valence-corrected chi connectivity index (χ4v) is 0.553. The summed E-state index contributed by atoms with van der Waals surface area (Å²) in [7, 11) is 0. The molecular weight excluding hydrogens is 100 g/mol. The third-order valence-corrected chi connectivity index (χ3v) is 1.26. The third-order valence-electron chi connectivity index (χ3n) is 1.26. The van der Waals surface area contributed by atoms with E-state index < -0.39 is 0 Å². The minimum Gasteiger partial charge on any atom is -0.303 e. The Morgan fingerprint density at radius 3 is 2.50 bits per heavy atom. The molecule has 0 heterocycles. The van der Waals surface area contributed by atoms with Crippen LogP contribution in [-0.2, 0) is 4.79 Å². The standard InChI is InChI=1S/C7H12O/c1-3-7(4-2)5-6-8/h3,6-7H,1,4-5H2,2H3. The molecule has 0 saturated heterocycles. The molecule has 0 saturated carbocycles. The maximum absolute atomic E-state index is 9.89. The lowest BCUT2D eigenvalue weighted by Crippen LogP contribution is -1.92. The van der Waals surface area contributed by atoms with Gasteiger partial charge in [0, 0.05) is 6.42 Å². The van der Waals surface area contributed by atoms with Crippen LogP contribution in [0.5, 0.6) is 0 Å². The first-order valence-electron chi connectivity index (χ1n) is 2.91. The van der Waals surface area contributed by atoms with Crippen LogP contribution in [0, 0.1) is 5.92 Å². The fourth-order valence-electron chi connectivity index (χ4n) is 0.553. The molecule has 0 radical (unpaired) electrons. The van der Waals surface area contributed by atoms with E-state index >= 15 is 0 Å². The van der Waals surface area contributed by atoms with Gasteiger partial charge in [0.15, 0.2) is 0 Å². The quantitative estimate of drug-likeness (QED) is 0.400. The SMILES string of the molecule is C=CC(CC)CC=O. The highest BCUT2D eigenvalue weighted by molar-refractivity contribution is 5.50. The van der Waals surface area contributed by atoms with Crippen molar-refractivity contribution < 1.29 is 4.79 Å². The molecule has 0 bridgehead atoms. The van der Waals surface area contributed by atoms with Gasteiger partial charge in [-0.1, -0.05) is 13.0 Å². The molecular formula is C7H12O. The average molecular weight is 112 g/mol. The Bertz CT molecular complexity index is 76.5. The molecule has 0 aromatic rings. The zero-order chi connectivity index (χ0) is 6.41. The number of rotatable bonds is 4. The molecule has 0 fully saturated rings. The summed E-state index contributed by atoms with van der Waals surface area (Å²) in [5.74, 6) is 0.396. The first kappa shape index (κ1) is 7.41. The van der Waals surface area contributed by atoms with Gasteiger partial charge in [0.1, 0.15) is 6.29 Å². The Morgan fingerprint density at radius 1 is 1.75 bits per heavy atom. The number of allylic oxidation sites excluding steroid dienone is 1. The second-order valence-electron chi connectivity index (χ2n) is 1.81. The van der Waals surface area contributed by atoms with E-state index in [4.69, 9.17) is 0 Å². The highest BCUT2D eigenvalue weighted by Crippen LogP contribution is 2.05. The van der Waals surface area contributed by atoms with Crippen molar-refractivity contribution in [2.45, 2.75) is 19.8 Å². The van der Waals surface area contributed by atoms with E-state index in [9.17, 15) is 4.79 Å². The summed E-state index contributed by atoms with van der Waals surface area (Å²) in [5, 5.41) is 0. The minimum absolute atomic E-state index is 0.396. The van der Waals surface area contributed by atoms with E-state index in [0.29, 0.717) is 12.3 Å². The van der Waals surface area contributed by atoms with Crippen molar-refractivity contribution >= 4 is 6.29 Å². The Hall–Kier alpha value is -0.590. The fraction of sp³-hybridized carbons (Fsp3) is 0.571. The molecule has 8 heavy (non-hydrogen) atoms. The number of carbonyl (C=O) groups excluding carboxylic acids is 1. The molecule has 46 valence electrons. The van der Waals surface area contributed by atoms with Gasteiger partial charge < -0.3 is 4.79 Å². The largest absolute Gasteiger partial charge is 0.303 e. The van der Waals surface area contributed by atoms with Crippen LogP contribution in [-0.4, -0.2) is 6.29 Å². The zero-order valence-corrected chi connectivity index (χ0v) is 5.26. The summed E-state index contributed by atoms with van der Waals surface area (Å²) in [4.78, 5) is 9.89. The van der Waals surface area contributed by atoms with E-state index in [-0.39, 0.29) is 0 Å². The number of carbonyl (C=O) groups is 1. The maximum Gasteiger partial charge on any atom is 0.120 e. The molecule has 0 N–H and O–H groups in total. The summed E-state index contributed by atoms with van der Waals surface area (Å²) in [5.41, 5.74) is 0. The predicted molar refractivity (Wildman–Crippen MR) is 34.7 cm³/mol. The molecule has 1 nitrogen and oxygen atoms in total.